The van der Waals surface area contributed by atoms with Crippen LogP contribution in [0.2, 0.25) is 0 Å². The van der Waals surface area contributed by atoms with Crippen molar-refractivity contribution < 1.29 is 14.3 Å². The summed E-state index contributed by atoms with van der Waals surface area (Å²) in [6.45, 7) is 6.33. The zero-order valence-corrected chi connectivity index (χ0v) is 18.8. The molecule has 0 unspecified atom stereocenters. The second-order valence-corrected chi connectivity index (χ2v) is 7.97. The lowest BCUT2D eigenvalue weighted by Crippen LogP contribution is -2.44. The lowest BCUT2D eigenvalue weighted by molar-refractivity contribution is 0.140. The number of carbonyl (C=O) groups excluding carboxylic acids is 1. The van der Waals surface area contributed by atoms with E-state index in [1.165, 1.54) is 0 Å². The van der Waals surface area contributed by atoms with Gasteiger partial charge in [0.05, 0.1) is 12.6 Å². The highest BCUT2D eigenvalue weighted by Crippen LogP contribution is 2.29. The number of hydrogen-bond acceptors (Lipinski definition) is 7. The zero-order valence-electron chi connectivity index (χ0n) is 18.8. The minimum atomic E-state index is -0.382. The lowest BCUT2D eigenvalue weighted by Gasteiger charge is -2.32. The molecule has 1 saturated heterocycles. The Morgan fingerprint density at radius 1 is 1.21 bits per heavy atom. The van der Waals surface area contributed by atoms with E-state index in [9.17, 15) is 4.79 Å². The molecular formula is C25H29N5O3. The average molecular weight is 448 g/mol. The van der Waals surface area contributed by atoms with Gasteiger partial charge >= 0.3 is 6.09 Å². The van der Waals surface area contributed by atoms with Crippen molar-refractivity contribution in [3.8, 4) is 5.75 Å². The summed E-state index contributed by atoms with van der Waals surface area (Å²) in [5.74, 6) is 1.55. The molecule has 2 N–H and O–H groups in total. The van der Waals surface area contributed by atoms with Gasteiger partial charge in [-0.3, -0.25) is 4.90 Å². The number of carbonyl (C=O) groups is 1. The van der Waals surface area contributed by atoms with Gasteiger partial charge in [0, 0.05) is 42.8 Å². The number of ether oxygens (including phenoxy) is 2. The highest BCUT2D eigenvalue weighted by atomic mass is 16.5. The van der Waals surface area contributed by atoms with E-state index < -0.39 is 0 Å². The van der Waals surface area contributed by atoms with Crippen molar-refractivity contribution in [1.29, 1.82) is 0 Å². The molecule has 0 aliphatic carbocycles. The number of fused-ring (bicyclic) bond motifs is 1. The number of alkyl carbamates (subject to hydrolysis) is 1. The molecule has 2 heterocycles. The molecule has 0 saturated carbocycles. The van der Waals surface area contributed by atoms with Gasteiger partial charge in [0.1, 0.15) is 24.5 Å². The van der Waals surface area contributed by atoms with E-state index in [0.717, 1.165) is 66.2 Å². The monoisotopic (exact) mass is 447 g/mol. The van der Waals surface area contributed by atoms with E-state index in [1.54, 1.807) is 19.5 Å². The Bertz CT molecular complexity index is 1110. The van der Waals surface area contributed by atoms with Gasteiger partial charge in [-0.25, -0.2) is 14.8 Å². The number of anilines is 2. The molecule has 1 amide bonds. The maximum Gasteiger partial charge on any atom is 0.407 e. The third kappa shape index (κ3) is 5.78. The van der Waals surface area contributed by atoms with E-state index in [4.69, 9.17) is 9.47 Å². The van der Waals surface area contributed by atoms with Crippen molar-refractivity contribution >= 4 is 28.5 Å². The van der Waals surface area contributed by atoms with Crippen molar-refractivity contribution in [1.82, 2.24) is 20.2 Å². The largest absolute Gasteiger partial charge is 0.497 e. The summed E-state index contributed by atoms with van der Waals surface area (Å²) < 4.78 is 10.4. The van der Waals surface area contributed by atoms with Crippen LogP contribution >= 0.6 is 0 Å². The molecule has 8 nitrogen and oxygen atoms in total. The molecule has 0 spiro atoms. The molecule has 0 radical (unpaired) electrons. The predicted octanol–water partition coefficient (Wildman–Crippen LogP) is 4.26. The molecule has 1 fully saturated rings. The van der Waals surface area contributed by atoms with Crippen molar-refractivity contribution in [3.05, 3.63) is 67.0 Å². The highest BCUT2D eigenvalue weighted by Gasteiger charge is 2.22. The first-order valence-electron chi connectivity index (χ1n) is 11.1. The van der Waals surface area contributed by atoms with Crippen LogP contribution in [0, 0.1) is 0 Å². The number of likely N-dealkylation sites (tertiary alicyclic amines) is 1. The summed E-state index contributed by atoms with van der Waals surface area (Å²) in [6, 6.07) is 14.1. The molecule has 33 heavy (non-hydrogen) atoms. The fraction of sp³-hybridized carbons (Fsp3) is 0.320. The van der Waals surface area contributed by atoms with E-state index in [1.807, 2.05) is 36.4 Å². The molecule has 1 aliphatic heterocycles. The van der Waals surface area contributed by atoms with Crippen LogP contribution in [-0.4, -0.2) is 53.8 Å². The summed E-state index contributed by atoms with van der Waals surface area (Å²) >= 11 is 0. The Morgan fingerprint density at radius 2 is 2.03 bits per heavy atom. The van der Waals surface area contributed by atoms with Gasteiger partial charge in [0.2, 0.25) is 0 Å². The second-order valence-electron chi connectivity index (χ2n) is 7.97. The number of aromatic nitrogens is 2. The summed E-state index contributed by atoms with van der Waals surface area (Å²) in [5, 5.41) is 7.37. The number of nitrogens with zero attached hydrogens (tertiary/aromatic N) is 3. The minimum Gasteiger partial charge on any atom is -0.497 e. The Morgan fingerprint density at radius 3 is 2.82 bits per heavy atom. The van der Waals surface area contributed by atoms with Crippen molar-refractivity contribution in [2.24, 2.45) is 0 Å². The van der Waals surface area contributed by atoms with Crippen molar-refractivity contribution in [2.75, 3.05) is 32.1 Å². The van der Waals surface area contributed by atoms with Gasteiger partial charge in [0.25, 0.3) is 0 Å². The standard InChI is InChI=1S/C25H29N5O3/c1-3-14-33-25(31)29-19-10-12-30(13-11-19)16-18-6-4-9-22-23(18)24(27-17-26-22)28-20-7-5-8-21(15-20)32-2/h3-9,15,17,19H,1,10-14,16H2,2H3,(H,29,31)(H,26,27,28). The number of nitrogens with one attached hydrogen (secondary N) is 2. The quantitative estimate of drug-likeness (QED) is 0.499. The van der Waals surface area contributed by atoms with Crippen LogP contribution in [0.25, 0.3) is 10.9 Å². The Labute approximate surface area is 193 Å². The minimum absolute atomic E-state index is 0.125. The molecule has 1 aliphatic rings. The average Bonchev–Trinajstić information content (AvgIpc) is 2.84. The summed E-state index contributed by atoms with van der Waals surface area (Å²) in [7, 11) is 1.65. The first-order chi connectivity index (χ1) is 16.2. The van der Waals surface area contributed by atoms with Gasteiger partial charge in [-0.05, 0) is 36.6 Å². The predicted molar refractivity (Wildman–Crippen MR) is 129 cm³/mol. The number of hydrogen-bond donors (Lipinski definition) is 2. The number of rotatable bonds is 8. The fourth-order valence-corrected chi connectivity index (χ4v) is 4.06. The van der Waals surface area contributed by atoms with E-state index in [0.29, 0.717) is 0 Å². The van der Waals surface area contributed by atoms with Gasteiger partial charge in [-0.1, -0.05) is 30.9 Å². The van der Waals surface area contributed by atoms with Gasteiger partial charge in [-0.15, -0.1) is 0 Å². The molecule has 172 valence electrons. The Kier molecular flexibility index (Phi) is 7.36. The Hall–Kier alpha value is -3.65. The SMILES string of the molecule is C=CCOC(=O)NC1CCN(Cc2cccc3ncnc(Nc4cccc(OC)c4)c23)CC1. The maximum atomic E-state index is 11.8. The summed E-state index contributed by atoms with van der Waals surface area (Å²) in [4.78, 5) is 23.2. The van der Waals surface area contributed by atoms with Gasteiger partial charge in [-0.2, -0.15) is 0 Å². The summed E-state index contributed by atoms with van der Waals surface area (Å²) in [5.41, 5.74) is 2.96. The third-order valence-corrected chi connectivity index (χ3v) is 5.72. The number of benzene rings is 2. The fourth-order valence-electron chi connectivity index (χ4n) is 4.06. The van der Waals surface area contributed by atoms with Gasteiger partial charge < -0.3 is 20.1 Å². The topological polar surface area (TPSA) is 88.6 Å². The van der Waals surface area contributed by atoms with Crippen LogP contribution in [0.5, 0.6) is 5.75 Å². The molecule has 0 bridgehead atoms. The van der Waals surface area contributed by atoms with Crippen molar-refractivity contribution in [2.45, 2.75) is 25.4 Å². The van der Waals surface area contributed by atoms with E-state index in [2.05, 4.69) is 38.1 Å². The normalized spacial score (nSPS) is 14.6. The molecule has 4 rings (SSSR count). The third-order valence-electron chi connectivity index (χ3n) is 5.72. The smallest absolute Gasteiger partial charge is 0.407 e. The van der Waals surface area contributed by atoms with E-state index in [-0.39, 0.29) is 18.7 Å². The van der Waals surface area contributed by atoms with Crippen LogP contribution in [0.1, 0.15) is 18.4 Å². The number of methoxy groups -OCH3 is 1. The van der Waals surface area contributed by atoms with E-state index >= 15 is 0 Å². The molecule has 8 heteroatoms. The van der Waals surface area contributed by atoms with Crippen LogP contribution < -0.4 is 15.4 Å². The molecule has 0 atom stereocenters. The first kappa shape index (κ1) is 22.5. The van der Waals surface area contributed by atoms with Crippen LogP contribution in [-0.2, 0) is 11.3 Å². The maximum absolute atomic E-state index is 11.8. The second kappa shape index (κ2) is 10.8. The number of piperidine rings is 1. The Balaban J connectivity index is 1.46. The molecule has 3 aromatic rings. The molecule has 1 aromatic heterocycles. The molecule has 2 aromatic carbocycles. The zero-order chi connectivity index (χ0) is 23.0. The van der Waals surface area contributed by atoms with Gasteiger partial charge in [0.15, 0.2) is 0 Å². The highest BCUT2D eigenvalue weighted by molar-refractivity contribution is 5.93. The summed E-state index contributed by atoms with van der Waals surface area (Å²) in [6.07, 6.45) is 4.51. The first-order valence-corrected chi connectivity index (χ1v) is 11.1. The number of amides is 1. The molecular weight excluding hydrogens is 418 g/mol. The van der Waals surface area contributed by atoms with Crippen LogP contribution in [0.3, 0.4) is 0 Å². The lowest BCUT2D eigenvalue weighted by atomic mass is 10.0. The van der Waals surface area contributed by atoms with Crippen LogP contribution in [0.4, 0.5) is 16.3 Å². The van der Waals surface area contributed by atoms with Crippen molar-refractivity contribution in [3.63, 3.8) is 0 Å². The van der Waals surface area contributed by atoms with Crippen LogP contribution in [0.15, 0.2) is 61.4 Å².